The lowest BCUT2D eigenvalue weighted by atomic mass is 9.97. The van der Waals surface area contributed by atoms with E-state index >= 15 is 0 Å². The van der Waals surface area contributed by atoms with Crippen LogP contribution in [0, 0.1) is 0 Å². The maximum absolute atomic E-state index is 3.59. The zero-order valence-electron chi connectivity index (χ0n) is 17.1. The summed E-state index contributed by atoms with van der Waals surface area (Å²) in [4.78, 5) is 5.36. The minimum absolute atomic E-state index is 0.504. The van der Waals surface area contributed by atoms with Crippen LogP contribution in [-0.4, -0.2) is 55.1 Å². The van der Waals surface area contributed by atoms with E-state index in [1.54, 1.807) is 0 Å². The SMILES string of the molecule is CCCN(CCC)CC(c1ccc(C(C)C)cc1)N1CCNC(C)C1. The molecule has 1 N–H and O–H groups in total. The van der Waals surface area contributed by atoms with Crippen LogP contribution in [-0.2, 0) is 0 Å². The van der Waals surface area contributed by atoms with Gasteiger partial charge in [-0.2, -0.15) is 0 Å². The first-order valence-corrected chi connectivity index (χ1v) is 10.3. The summed E-state index contributed by atoms with van der Waals surface area (Å²) in [6, 6.07) is 10.5. The van der Waals surface area contributed by atoms with E-state index in [9.17, 15) is 0 Å². The number of piperazine rings is 1. The van der Waals surface area contributed by atoms with Crippen LogP contribution in [0.25, 0.3) is 0 Å². The zero-order chi connectivity index (χ0) is 18.2. The molecule has 0 amide bonds. The van der Waals surface area contributed by atoms with Crippen molar-refractivity contribution in [2.24, 2.45) is 0 Å². The Hall–Kier alpha value is -0.900. The first-order valence-electron chi connectivity index (χ1n) is 10.3. The summed E-state index contributed by atoms with van der Waals surface area (Å²) >= 11 is 0. The average Bonchev–Trinajstić information content (AvgIpc) is 2.60. The fraction of sp³-hybridized carbons (Fsp3) is 0.727. The number of nitrogens with one attached hydrogen (secondary N) is 1. The lowest BCUT2D eigenvalue weighted by molar-refractivity contribution is 0.109. The average molecular weight is 346 g/mol. The fourth-order valence-electron chi connectivity index (χ4n) is 3.95. The van der Waals surface area contributed by atoms with E-state index in [4.69, 9.17) is 0 Å². The maximum atomic E-state index is 3.59. The van der Waals surface area contributed by atoms with E-state index in [-0.39, 0.29) is 0 Å². The van der Waals surface area contributed by atoms with E-state index < -0.39 is 0 Å². The summed E-state index contributed by atoms with van der Waals surface area (Å²) in [5.74, 6) is 0.600. The third-order valence-electron chi connectivity index (χ3n) is 5.34. The minimum Gasteiger partial charge on any atom is -0.312 e. The monoisotopic (exact) mass is 345 g/mol. The Morgan fingerprint density at radius 2 is 1.68 bits per heavy atom. The van der Waals surface area contributed by atoms with Gasteiger partial charge in [0, 0.05) is 38.3 Å². The third kappa shape index (κ3) is 6.09. The Morgan fingerprint density at radius 3 is 2.20 bits per heavy atom. The largest absolute Gasteiger partial charge is 0.312 e. The van der Waals surface area contributed by atoms with Gasteiger partial charge in [0.2, 0.25) is 0 Å². The van der Waals surface area contributed by atoms with Crippen molar-refractivity contribution in [1.29, 1.82) is 0 Å². The highest BCUT2D eigenvalue weighted by Crippen LogP contribution is 2.26. The van der Waals surface area contributed by atoms with Gasteiger partial charge in [-0.3, -0.25) is 4.90 Å². The van der Waals surface area contributed by atoms with Crippen molar-refractivity contribution in [1.82, 2.24) is 15.1 Å². The Labute approximate surface area is 155 Å². The number of hydrogen-bond donors (Lipinski definition) is 1. The molecule has 142 valence electrons. The quantitative estimate of drug-likeness (QED) is 0.721. The van der Waals surface area contributed by atoms with Crippen molar-refractivity contribution in [2.45, 2.75) is 65.5 Å². The van der Waals surface area contributed by atoms with Crippen molar-refractivity contribution in [3.63, 3.8) is 0 Å². The van der Waals surface area contributed by atoms with Crippen LogP contribution in [0.1, 0.15) is 70.5 Å². The van der Waals surface area contributed by atoms with Crippen LogP contribution >= 0.6 is 0 Å². The molecule has 1 heterocycles. The third-order valence-corrected chi connectivity index (χ3v) is 5.34. The van der Waals surface area contributed by atoms with Gasteiger partial charge in [-0.1, -0.05) is 52.0 Å². The number of rotatable bonds is 9. The molecule has 0 aliphatic carbocycles. The summed E-state index contributed by atoms with van der Waals surface area (Å²) in [7, 11) is 0. The lowest BCUT2D eigenvalue weighted by Gasteiger charge is -2.40. The van der Waals surface area contributed by atoms with Crippen LogP contribution in [0.15, 0.2) is 24.3 Å². The standard InChI is InChI=1S/C22H39N3/c1-6-13-24(14-7-2)17-22(25-15-12-23-19(5)16-25)21-10-8-20(9-11-21)18(3)4/h8-11,18-19,22-23H,6-7,12-17H2,1-5H3. The minimum atomic E-state index is 0.504. The molecule has 0 spiro atoms. The van der Waals surface area contributed by atoms with Crippen molar-refractivity contribution in [3.8, 4) is 0 Å². The lowest BCUT2D eigenvalue weighted by Crippen LogP contribution is -2.52. The predicted octanol–water partition coefficient (Wildman–Crippen LogP) is 4.27. The summed E-state index contributed by atoms with van der Waals surface area (Å²) in [5, 5.41) is 3.59. The second-order valence-electron chi connectivity index (χ2n) is 7.99. The van der Waals surface area contributed by atoms with Gasteiger partial charge in [-0.25, -0.2) is 0 Å². The van der Waals surface area contributed by atoms with E-state index in [1.807, 2.05) is 0 Å². The first-order chi connectivity index (χ1) is 12.0. The molecule has 2 unspecified atom stereocenters. The fourth-order valence-corrected chi connectivity index (χ4v) is 3.95. The highest BCUT2D eigenvalue weighted by molar-refractivity contribution is 5.27. The molecule has 0 radical (unpaired) electrons. The van der Waals surface area contributed by atoms with E-state index in [1.165, 1.54) is 37.1 Å². The van der Waals surface area contributed by atoms with E-state index in [2.05, 4.69) is 74.0 Å². The highest BCUT2D eigenvalue weighted by Gasteiger charge is 2.26. The molecule has 2 rings (SSSR count). The van der Waals surface area contributed by atoms with Crippen molar-refractivity contribution < 1.29 is 0 Å². The van der Waals surface area contributed by atoms with Crippen LogP contribution in [0.3, 0.4) is 0 Å². The zero-order valence-corrected chi connectivity index (χ0v) is 17.1. The van der Waals surface area contributed by atoms with E-state index in [0.29, 0.717) is 18.0 Å². The van der Waals surface area contributed by atoms with Gasteiger partial charge in [-0.15, -0.1) is 0 Å². The van der Waals surface area contributed by atoms with E-state index in [0.717, 1.165) is 26.2 Å². The predicted molar refractivity (Wildman–Crippen MR) is 109 cm³/mol. The van der Waals surface area contributed by atoms with Gasteiger partial charge in [0.25, 0.3) is 0 Å². The molecule has 1 aliphatic heterocycles. The number of benzene rings is 1. The smallest absolute Gasteiger partial charge is 0.0476 e. The Bertz CT molecular complexity index is 477. The molecule has 25 heavy (non-hydrogen) atoms. The van der Waals surface area contributed by atoms with Gasteiger partial charge in [0.1, 0.15) is 0 Å². The van der Waals surface area contributed by atoms with Gasteiger partial charge in [-0.05, 0) is 49.9 Å². The molecule has 1 fully saturated rings. The molecule has 1 aromatic carbocycles. The molecule has 0 saturated carbocycles. The highest BCUT2D eigenvalue weighted by atomic mass is 15.3. The van der Waals surface area contributed by atoms with Crippen LogP contribution < -0.4 is 5.32 Å². The van der Waals surface area contributed by atoms with Crippen molar-refractivity contribution in [3.05, 3.63) is 35.4 Å². The molecule has 2 atom stereocenters. The normalized spacial score (nSPS) is 20.4. The van der Waals surface area contributed by atoms with Gasteiger partial charge >= 0.3 is 0 Å². The molecular formula is C22H39N3. The summed E-state index contributed by atoms with van der Waals surface area (Å²) < 4.78 is 0. The summed E-state index contributed by atoms with van der Waals surface area (Å²) in [5.41, 5.74) is 2.92. The Kier molecular flexibility index (Phi) is 8.41. The topological polar surface area (TPSA) is 18.5 Å². The Balaban J connectivity index is 2.20. The molecule has 1 aliphatic rings. The second kappa shape index (κ2) is 10.3. The molecule has 1 aromatic rings. The molecule has 3 heteroatoms. The molecular weight excluding hydrogens is 306 g/mol. The number of nitrogens with zero attached hydrogens (tertiary/aromatic N) is 2. The molecule has 0 bridgehead atoms. The Morgan fingerprint density at radius 1 is 1.08 bits per heavy atom. The number of hydrogen-bond acceptors (Lipinski definition) is 3. The summed E-state index contributed by atoms with van der Waals surface area (Å²) in [6.07, 6.45) is 2.47. The van der Waals surface area contributed by atoms with Gasteiger partial charge in [0.05, 0.1) is 0 Å². The van der Waals surface area contributed by atoms with Crippen LogP contribution in [0.4, 0.5) is 0 Å². The van der Waals surface area contributed by atoms with Gasteiger partial charge in [0.15, 0.2) is 0 Å². The molecule has 3 nitrogen and oxygen atoms in total. The molecule has 0 aromatic heterocycles. The van der Waals surface area contributed by atoms with Crippen molar-refractivity contribution in [2.75, 3.05) is 39.3 Å². The van der Waals surface area contributed by atoms with Gasteiger partial charge < -0.3 is 10.2 Å². The molecule has 1 saturated heterocycles. The summed E-state index contributed by atoms with van der Waals surface area (Å²) in [6.45, 7) is 18.4. The van der Waals surface area contributed by atoms with Crippen LogP contribution in [0.2, 0.25) is 0 Å². The second-order valence-corrected chi connectivity index (χ2v) is 7.99. The first kappa shape index (κ1) is 20.4. The van der Waals surface area contributed by atoms with Crippen molar-refractivity contribution >= 4 is 0 Å². The maximum Gasteiger partial charge on any atom is 0.0476 e. The van der Waals surface area contributed by atoms with Crippen LogP contribution in [0.5, 0.6) is 0 Å².